The van der Waals surface area contributed by atoms with Crippen molar-refractivity contribution in [2.45, 2.75) is 6.04 Å². The Morgan fingerprint density at radius 3 is 2.71 bits per heavy atom. The molecule has 0 bridgehead atoms. The third-order valence-electron chi connectivity index (χ3n) is 3.01. The first kappa shape index (κ1) is 18.4. The van der Waals surface area contributed by atoms with Gasteiger partial charge in [0.05, 0.1) is 0 Å². The predicted molar refractivity (Wildman–Crippen MR) is 98.9 cm³/mol. The van der Waals surface area contributed by atoms with Gasteiger partial charge in [-0.15, -0.1) is 30.4 Å². The van der Waals surface area contributed by atoms with Crippen LogP contribution in [0.5, 0.6) is 0 Å². The van der Waals surface area contributed by atoms with Gasteiger partial charge in [-0.3, -0.25) is 0 Å². The van der Waals surface area contributed by atoms with Crippen molar-refractivity contribution in [3.8, 4) is 12.3 Å². The number of terminal acetylenes is 1. The van der Waals surface area contributed by atoms with E-state index in [1.54, 1.807) is 12.1 Å². The van der Waals surface area contributed by atoms with Gasteiger partial charge in [0.1, 0.15) is 11.9 Å². The molecule has 1 aromatic carbocycles. The maximum Gasteiger partial charge on any atom is 0.192 e. The Labute approximate surface area is 150 Å². The van der Waals surface area contributed by atoms with Crippen LogP contribution in [0.15, 0.2) is 23.2 Å². The number of hydrogen-bond donors (Lipinski definition) is 1. The van der Waals surface area contributed by atoms with Crippen LogP contribution in [0, 0.1) is 18.2 Å². The second-order valence-electron chi connectivity index (χ2n) is 4.32. The molecule has 0 spiro atoms. The van der Waals surface area contributed by atoms with E-state index in [-0.39, 0.29) is 24.0 Å². The van der Waals surface area contributed by atoms with Crippen LogP contribution >= 0.6 is 47.3 Å². The lowest BCUT2D eigenvalue weighted by atomic mass is 10.1. The van der Waals surface area contributed by atoms with E-state index in [9.17, 15) is 4.39 Å². The maximum atomic E-state index is 13.9. The summed E-state index contributed by atoms with van der Waals surface area (Å²) in [5, 5.41) is 0.326. The highest BCUT2D eigenvalue weighted by atomic mass is 127. The molecule has 1 aliphatic rings. The monoisotopic (exact) mass is 439 g/mol. The molecule has 2 N–H and O–H groups in total. The Morgan fingerprint density at radius 1 is 1.48 bits per heavy atom. The van der Waals surface area contributed by atoms with Crippen molar-refractivity contribution in [2.24, 2.45) is 10.7 Å². The molecule has 21 heavy (non-hydrogen) atoms. The average Bonchev–Trinajstić information content (AvgIpc) is 2.46. The first-order chi connectivity index (χ1) is 9.61. The number of nitrogens with two attached hydrogens (primary N) is 1. The van der Waals surface area contributed by atoms with Gasteiger partial charge in [-0.2, -0.15) is 11.8 Å². The summed E-state index contributed by atoms with van der Waals surface area (Å²) in [4.78, 5) is 6.24. The molecular formula is C14H16ClFIN3S. The number of guanidine groups is 1. The minimum absolute atomic E-state index is 0. The fourth-order valence-electron chi connectivity index (χ4n) is 1.93. The molecule has 3 nitrogen and oxygen atoms in total. The smallest absolute Gasteiger partial charge is 0.192 e. The van der Waals surface area contributed by atoms with Gasteiger partial charge in [-0.1, -0.05) is 23.6 Å². The maximum absolute atomic E-state index is 13.9. The summed E-state index contributed by atoms with van der Waals surface area (Å²) in [5.74, 6) is 4.38. The van der Waals surface area contributed by atoms with Gasteiger partial charge in [0.15, 0.2) is 5.96 Å². The van der Waals surface area contributed by atoms with Crippen LogP contribution in [-0.4, -0.2) is 35.5 Å². The summed E-state index contributed by atoms with van der Waals surface area (Å²) in [6.07, 6.45) is 5.45. The van der Waals surface area contributed by atoms with Gasteiger partial charge >= 0.3 is 0 Å². The Hall–Kier alpha value is -0.650. The van der Waals surface area contributed by atoms with Crippen molar-refractivity contribution in [1.29, 1.82) is 0 Å². The van der Waals surface area contributed by atoms with Crippen molar-refractivity contribution < 1.29 is 4.39 Å². The van der Waals surface area contributed by atoms with Crippen LogP contribution in [0.3, 0.4) is 0 Å². The Balaban J connectivity index is 0.00000220. The molecule has 1 saturated heterocycles. The quantitative estimate of drug-likeness (QED) is 0.333. The highest BCUT2D eigenvalue weighted by molar-refractivity contribution is 14.0. The topological polar surface area (TPSA) is 41.6 Å². The van der Waals surface area contributed by atoms with Gasteiger partial charge in [-0.25, -0.2) is 9.38 Å². The average molecular weight is 440 g/mol. The molecule has 1 atom stereocenters. The fourth-order valence-corrected chi connectivity index (χ4v) is 2.99. The summed E-state index contributed by atoms with van der Waals surface area (Å²) in [6, 6.07) is 3.63. The second kappa shape index (κ2) is 8.71. The van der Waals surface area contributed by atoms with E-state index in [2.05, 4.69) is 10.9 Å². The molecule has 0 aromatic heterocycles. The van der Waals surface area contributed by atoms with Crippen LogP contribution in [-0.2, 0) is 0 Å². The van der Waals surface area contributed by atoms with Gasteiger partial charge in [0.2, 0.25) is 0 Å². The summed E-state index contributed by atoms with van der Waals surface area (Å²) in [7, 11) is 0. The van der Waals surface area contributed by atoms with E-state index >= 15 is 0 Å². The van der Waals surface area contributed by atoms with Gasteiger partial charge in [0, 0.05) is 35.2 Å². The zero-order chi connectivity index (χ0) is 14.5. The van der Waals surface area contributed by atoms with E-state index in [0.717, 1.165) is 24.6 Å². The van der Waals surface area contributed by atoms with E-state index in [0.29, 0.717) is 16.5 Å². The zero-order valence-electron chi connectivity index (χ0n) is 11.3. The molecule has 1 heterocycles. The van der Waals surface area contributed by atoms with Crippen LogP contribution in [0.4, 0.5) is 4.39 Å². The highest BCUT2D eigenvalue weighted by Gasteiger charge is 2.17. The first-order valence-corrected chi connectivity index (χ1v) is 7.72. The molecule has 2 rings (SSSR count). The molecule has 114 valence electrons. The summed E-state index contributed by atoms with van der Waals surface area (Å²) in [5.41, 5.74) is 6.28. The van der Waals surface area contributed by atoms with Crippen LogP contribution in [0.25, 0.3) is 0 Å². The number of thioether (sulfide) groups is 1. The number of hydrogen-bond acceptors (Lipinski definition) is 2. The fraction of sp³-hybridized carbons (Fsp3) is 0.357. The van der Waals surface area contributed by atoms with E-state index in [1.807, 2.05) is 16.7 Å². The standard InChI is InChI=1S/C14H15ClFN3S.HI/c1-2-13(11-4-3-10(15)9-12(11)16)18-14(17)19-5-7-20-8-6-19;/h1,3-4,9,13H,5-8H2,(H2,17,18);1H. The Kier molecular flexibility index (Phi) is 7.63. The van der Waals surface area contributed by atoms with E-state index in [4.69, 9.17) is 23.8 Å². The summed E-state index contributed by atoms with van der Waals surface area (Å²) in [6.45, 7) is 1.67. The minimum Gasteiger partial charge on any atom is -0.370 e. The molecule has 1 unspecified atom stereocenters. The highest BCUT2D eigenvalue weighted by Crippen LogP contribution is 2.23. The van der Waals surface area contributed by atoms with Crippen molar-refractivity contribution in [2.75, 3.05) is 24.6 Å². The van der Waals surface area contributed by atoms with Crippen molar-refractivity contribution >= 4 is 53.3 Å². The number of aliphatic imine (C=N–C) groups is 1. The number of rotatable bonds is 2. The third kappa shape index (κ3) is 4.94. The lowest BCUT2D eigenvalue weighted by molar-refractivity contribution is 0.454. The Morgan fingerprint density at radius 2 is 2.14 bits per heavy atom. The molecule has 0 amide bonds. The predicted octanol–water partition coefficient (Wildman–Crippen LogP) is 3.13. The molecule has 1 fully saturated rings. The molecule has 0 radical (unpaired) electrons. The van der Waals surface area contributed by atoms with E-state index < -0.39 is 11.9 Å². The SMILES string of the molecule is C#CC(N=C(N)N1CCSCC1)c1ccc(Cl)cc1F.I. The van der Waals surface area contributed by atoms with Crippen LogP contribution < -0.4 is 5.73 Å². The summed E-state index contributed by atoms with van der Waals surface area (Å²) < 4.78 is 13.9. The Bertz CT molecular complexity index is 556. The van der Waals surface area contributed by atoms with E-state index in [1.165, 1.54) is 6.07 Å². The van der Waals surface area contributed by atoms with Gasteiger partial charge in [-0.05, 0) is 12.1 Å². The number of nitrogens with zero attached hydrogens (tertiary/aromatic N) is 2. The van der Waals surface area contributed by atoms with Crippen molar-refractivity contribution in [3.05, 3.63) is 34.6 Å². The third-order valence-corrected chi connectivity index (χ3v) is 4.19. The molecular weight excluding hydrogens is 424 g/mol. The molecule has 1 aromatic rings. The molecule has 0 aliphatic carbocycles. The largest absolute Gasteiger partial charge is 0.370 e. The number of halogens is 3. The zero-order valence-corrected chi connectivity index (χ0v) is 15.2. The van der Waals surface area contributed by atoms with Crippen LogP contribution in [0.2, 0.25) is 5.02 Å². The van der Waals surface area contributed by atoms with Crippen molar-refractivity contribution in [3.63, 3.8) is 0 Å². The van der Waals surface area contributed by atoms with Gasteiger partial charge < -0.3 is 10.6 Å². The molecule has 1 aliphatic heterocycles. The lowest BCUT2D eigenvalue weighted by Gasteiger charge is -2.27. The minimum atomic E-state index is -0.734. The lowest BCUT2D eigenvalue weighted by Crippen LogP contribution is -2.42. The molecule has 7 heteroatoms. The van der Waals surface area contributed by atoms with Gasteiger partial charge in [0.25, 0.3) is 0 Å². The molecule has 0 saturated carbocycles. The normalized spacial score (nSPS) is 16.8. The van der Waals surface area contributed by atoms with Crippen LogP contribution in [0.1, 0.15) is 11.6 Å². The number of benzene rings is 1. The van der Waals surface area contributed by atoms with Crippen molar-refractivity contribution in [1.82, 2.24) is 4.90 Å². The summed E-state index contributed by atoms with van der Waals surface area (Å²) >= 11 is 7.60. The first-order valence-electron chi connectivity index (χ1n) is 6.19. The second-order valence-corrected chi connectivity index (χ2v) is 5.98.